The van der Waals surface area contributed by atoms with Crippen molar-refractivity contribution >= 4 is 17.2 Å². The first kappa shape index (κ1) is 18.6. The number of rotatable bonds is 8. The maximum atomic E-state index is 10.5. The molecule has 0 bridgehead atoms. The van der Waals surface area contributed by atoms with Crippen molar-refractivity contribution in [2.75, 3.05) is 0 Å². The van der Waals surface area contributed by atoms with Crippen LogP contribution < -0.4 is 0 Å². The summed E-state index contributed by atoms with van der Waals surface area (Å²) >= 11 is 0. The van der Waals surface area contributed by atoms with E-state index in [4.69, 9.17) is 10.5 Å². The molecule has 2 aromatic heterocycles. The third kappa shape index (κ3) is 4.50. The van der Waals surface area contributed by atoms with Gasteiger partial charge in [-0.05, 0) is 36.1 Å². The Morgan fingerprint density at radius 1 is 1.26 bits per heavy atom. The van der Waals surface area contributed by atoms with Gasteiger partial charge in [-0.2, -0.15) is 5.10 Å². The summed E-state index contributed by atoms with van der Waals surface area (Å²) in [6.07, 6.45) is 8.58. The zero-order chi connectivity index (χ0) is 19.2. The summed E-state index contributed by atoms with van der Waals surface area (Å²) in [5, 5.41) is 21.6. The summed E-state index contributed by atoms with van der Waals surface area (Å²) in [5.74, 6) is -0.869. The van der Waals surface area contributed by atoms with Gasteiger partial charge in [-0.3, -0.25) is 0 Å². The van der Waals surface area contributed by atoms with Crippen molar-refractivity contribution < 1.29 is 9.90 Å². The van der Waals surface area contributed by atoms with Gasteiger partial charge in [-0.25, -0.2) is 9.31 Å². The predicted octanol–water partition coefficient (Wildman–Crippen LogP) is 4.27. The van der Waals surface area contributed by atoms with Crippen LogP contribution in [0.25, 0.3) is 5.52 Å². The van der Waals surface area contributed by atoms with Crippen LogP contribution in [0.15, 0.2) is 67.0 Å². The highest BCUT2D eigenvalue weighted by atomic mass is 16.4. The van der Waals surface area contributed by atoms with E-state index < -0.39 is 5.97 Å². The highest BCUT2D eigenvalue weighted by Crippen LogP contribution is 2.24. The quantitative estimate of drug-likeness (QED) is 0.464. The number of aromatic nitrogens is 2. The second-order valence-electron chi connectivity index (χ2n) is 6.55. The third-order valence-electron chi connectivity index (χ3n) is 4.71. The molecule has 0 aliphatic heterocycles. The van der Waals surface area contributed by atoms with Crippen molar-refractivity contribution in [1.82, 2.24) is 9.61 Å². The van der Waals surface area contributed by atoms with E-state index in [2.05, 4.69) is 12.0 Å². The molecule has 0 radical (unpaired) electrons. The second kappa shape index (κ2) is 8.45. The summed E-state index contributed by atoms with van der Waals surface area (Å²) in [7, 11) is 0. The van der Waals surface area contributed by atoms with E-state index in [9.17, 15) is 4.79 Å². The minimum Gasteiger partial charge on any atom is -0.478 e. The molecule has 0 aliphatic carbocycles. The molecule has 3 aromatic rings. The van der Waals surface area contributed by atoms with Gasteiger partial charge in [0.1, 0.15) is 0 Å². The molecule has 27 heavy (non-hydrogen) atoms. The Balaban J connectivity index is 1.72. The average molecular weight is 361 g/mol. The van der Waals surface area contributed by atoms with Gasteiger partial charge in [0.15, 0.2) is 0 Å². The van der Waals surface area contributed by atoms with Gasteiger partial charge in [0.05, 0.1) is 11.7 Å². The summed E-state index contributed by atoms with van der Waals surface area (Å²) in [6, 6.07) is 14.1. The molecule has 0 saturated heterocycles. The van der Waals surface area contributed by atoms with E-state index in [1.54, 1.807) is 6.08 Å². The van der Waals surface area contributed by atoms with Crippen LogP contribution in [-0.2, 0) is 17.6 Å². The highest BCUT2D eigenvalue weighted by Gasteiger charge is 2.17. The molecule has 5 nitrogen and oxygen atoms in total. The molecule has 2 heterocycles. The summed E-state index contributed by atoms with van der Waals surface area (Å²) in [6.45, 7) is 2.10. The molecule has 3 rings (SSSR count). The maximum Gasteiger partial charge on any atom is 0.327 e. The monoisotopic (exact) mass is 361 g/mol. The number of nitrogens with zero attached hydrogens (tertiary/aromatic N) is 2. The minimum atomic E-state index is -0.932. The number of allylic oxidation sites excluding steroid dienone is 1. The zero-order valence-electron chi connectivity index (χ0n) is 15.3. The fourth-order valence-corrected chi connectivity index (χ4v) is 3.32. The zero-order valence-corrected chi connectivity index (χ0v) is 15.3. The molecule has 0 unspecified atom stereocenters. The lowest BCUT2D eigenvalue weighted by molar-refractivity contribution is -0.131. The molecule has 5 heteroatoms. The second-order valence-corrected chi connectivity index (χ2v) is 6.55. The molecule has 2 N–H and O–H groups in total. The Morgan fingerprint density at radius 3 is 2.74 bits per heavy atom. The van der Waals surface area contributed by atoms with Gasteiger partial charge in [0.2, 0.25) is 0 Å². The van der Waals surface area contributed by atoms with Crippen LogP contribution >= 0.6 is 0 Å². The number of pyridine rings is 1. The molecule has 138 valence electrons. The van der Waals surface area contributed by atoms with Crippen molar-refractivity contribution in [2.45, 2.75) is 32.1 Å². The number of benzene rings is 1. The van der Waals surface area contributed by atoms with Gasteiger partial charge in [0, 0.05) is 35.9 Å². The summed E-state index contributed by atoms with van der Waals surface area (Å²) in [5.41, 5.74) is 4.95. The van der Waals surface area contributed by atoms with Crippen LogP contribution in [0, 0.1) is 5.41 Å². The van der Waals surface area contributed by atoms with E-state index >= 15 is 0 Å². The fourth-order valence-electron chi connectivity index (χ4n) is 3.32. The Kier molecular flexibility index (Phi) is 5.81. The van der Waals surface area contributed by atoms with Gasteiger partial charge >= 0.3 is 5.97 Å². The standard InChI is InChI=1S/C22H23N3O2/c1-2-19(17-11-9-16(10-12-17)6-5-8-22(26)27)20(23)14-18-15-24-25-13-4-3-7-21(18)25/h3-5,7-13,15,19,23H,2,6,14H2,1H3,(H,26,27)/b8-5+,23-20?/t19-/m0/s1. The average Bonchev–Trinajstić information content (AvgIpc) is 3.06. The SMILES string of the molecule is CC[C@H](C(=N)Cc1cnn2ccccc12)c1ccc(C/C=C/C(=O)O)cc1. The Morgan fingerprint density at radius 2 is 2.04 bits per heavy atom. The summed E-state index contributed by atoms with van der Waals surface area (Å²) < 4.78 is 1.84. The van der Waals surface area contributed by atoms with E-state index in [1.165, 1.54) is 0 Å². The molecular formula is C22H23N3O2. The molecule has 1 aromatic carbocycles. The lowest BCUT2D eigenvalue weighted by Gasteiger charge is -2.17. The van der Waals surface area contributed by atoms with E-state index in [1.807, 2.05) is 59.4 Å². The van der Waals surface area contributed by atoms with Crippen molar-refractivity contribution in [3.8, 4) is 0 Å². The molecule has 1 atom stereocenters. The Labute approximate surface area is 158 Å². The van der Waals surface area contributed by atoms with Crippen LogP contribution in [0.3, 0.4) is 0 Å². The van der Waals surface area contributed by atoms with Crippen LogP contribution in [0.5, 0.6) is 0 Å². The number of nitrogens with one attached hydrogen (secondary N) is 1. The molecule has 0 saturated carbocycles. The van der Waals surface area contributed by atoms with Crippen LogP contribution in [0.4, 0.5) is 0 Å². The maximum absolute atomic E-state index is 10.5. The topological polar surface area (TPSA) is 78.5 Å². The minimum absolute atomic E-state index is 0.0623. The Bertz CT molecular complexity index is 971. The lowest BCUT2D eigenvalue weighted by Crippen LogP contribution is -2.13. The van der Waals surface area contributed by atoms with Gasteiger partial charge in [-0.15, -0.1) is 0 Å². The van der Waals surface area contributed by atoms with Crippen molar-refractivity contribution in [2.24, 2.45) is 0 Å². The Hall–Kier alpha value is -3.21. The number of fused-ring (bicyclic) bond motifs is 1. The highest BCUT2D eigenvalue weighted by molar-refractivity contribution is 5.91. The van der Waals surface area contributed by atoms with Crippen molar-refractivity contribution in [3.05, 3.63) is 83.7 Å². The first-order chi connectivity index (χ1) is 13.1. The summed E-state index contributed by atoms with van der Waals surface area (Å²) in [4.78, 5) is 10.5. The number of carbonyl (C=O) groups is 1. The first-order valence-corrected chi connectivity index (χ1v) is 9.05. The fraction of sp³-hybridized carbons (Fsp3) is 0.227. The molecule has 0 spiro atoms. The smallest absolute Gasteiger partial charge is 0.327 e. The van der Waals surface area contributed by atoms with E-state index in [0.29, 0.717) is 18.6 Å². The number of carboxylic acids is 1. The van der Waals surface area contributed by atoms with Crippen LogP contribution in [-0.4, -0.2) is 26.4 Å². The molecule has 0 amide bonds. The molecule has 0 aliphatic rings. The van der Waals surface area contributed by atoms with E-state index in [-0.39, 0.29) is 5.92 Å². The van der Waals surface area contributed by atoms with E-state index in [0.717, 1.165) is 34.7 Å². The lowest BCUT2D eigenvalue weighted by atomic mass is 9.88. The number of hydrogen-bond donors (Lipinski definition) is 2. The van der Waals surface area contributed by atoms with Crippen LogP contribution in [0.2, 0.25) is 0 Å². The third-order valence-corrected chi connectivity index (χ3v) is 4.71. The predicted molar refractivity (Wildman–Crippen MR) is 107 cm³/mol. The number of hydrogen-bond acceptors (Lipinski definition) is 3. The normalized spacial score (nSPS) is 12.5. The van der Waals surface area contributed by atoms with Crippen molar-refractivity contribution in [1.29, 1.82) is 5.41 Å². The molecule has 0 fully saturated rings. The van der Waals surface area contributed by atoms with Gasteiger partial charge < -0.3 is 10.5 Å². The van der Waals surface area contributed by atoms with Gasteiger partial charge in [0.25, 0.3) is 0 Å². The largest absolute Gasteiger partial charge is 0.478 e. The van der Waals surface area contributed by atoms with Gasteiger partial charge in [-0.1, -0.05) is 43.3 Å². The first-order valence-electron chi connectivity index (χ1n) is 9.05. The molecular weight excluding hydrogens is 338 g/mol. The van der Waals surface area contributed by atoms with Crippen molar-refractivity contribution in [3.63, 3.8) is 0 Å². The number of aliphatic carboxylic acids is 1. The van der Waals surface area contributed by atoms with Crippen LogP contribution in [0.1, 0.15) is 36.0 Å². The number of carboxylic acid groups (broad SMARTS) is 1.